The molecule has 0 radical (unpaired) electrons. The molecule has 1 atom stereocenters. The summed E-state index contributed by atoms with van der Waals surface area (Å²) in [6.45, 7) is 4.10. The number of anilines is 1. The Kier molecular flexibility index (Phi) is 5.39. The standard InChI is InChI=1S/C17H19BrN2O/c1-3-13-8-10-14(11-9-13)12(2)19-17(21)20-16-7-5-4-6-15(16)18/h4-12H,3H2,1-2H3,(H2,19,20,21)/t12-/m1/s1. The molecule has 2 rings (SSSR count). The molecule has 0 aliphatic heterocycles. The molecule has 2 aromatic carbocycles. The second-order valence-corrected chi connectivity index (χ2v) is 5.75. The summed E-state index contributed by atoms with van der Waals surface area (Å²) in [6, 6.07) is 15.6. The van der Waals surface area contributed by atoms with Gasteiger partial charge in [0.05, 0.1) is 11.7 Å². The van der Waals surface area contributed by atoms with Gasteiger partial charge < -0.3 is 10.6 Å². The number of urea groups is 1. The van der Waals surface area contributed by atoms with Gasteiger partial charge in [-0.1, -0.05) is 43.3 Å². The van der Waals surface area contributed by atoms with Crippen LogP contribution in [-0.2, 0) is 6.42 Å². The van der Waals surface area contributed by atoms with Crippen LogP contribution in [0.3, 0.4) is 0 Å². The molecule has 0 bridgehead atoms. The number of amides is 2. The predicted molar refractivity (Wildman–Crippen MR) is 90.5 cm³/mol. The van der Waals surface area contributed by atoms with E-state index >= 15 is 0 Å². The van der Waals surface area contributed by atoms with Crippen LogP contribution in [0.2, 0.25) is 0 Å². The van der Waals surface area contributed by atoms with Crippen LogP contribution in [0.5, 0.6) is 0 Å². The number of nitrogens with one attached hydrogen (secondary N) is 2. The largest absolute Gasteiger partial charge is 0.331 e. The number of benzene rings is 2. The minimum Gasteiger partial charge on any atom is -0.331 e. The van der Waals surface area contributed by atoms with E-state index in [9.17, 15) is 4.79 Å². The number of carbonyl (C=O) groups excluding carboxylic acids is 1. The summed E-state index contributed by atoms with van der Waals surface area (Å²) in [5, 5.41) is 5.77. The number of aryl methyl sites for hydroxylation is 1. The van der Waals surface area contributed by atoms with E-state index in [0.29, 0.717) is 0 Å². The van der Waals surface area contributed by atoms with Crippen molar-refractivity contribution in [2.45, 2.75) is 26.3 Å². The minimum absolute atomic E-state index is 0.0432. The molecule has 2 aromatic rings. The van der Waals surface area contributed by atoms with Gasteiger partial charge in [0.15, 0.2) is 0 Å². The quantitative estimate of drug-likeness (QED) is 0.812. The van der Waals surface area contributed by atoms with Crippen LogP contribution in [0.25, 0.3) is 0 Å². The maximum atomic E-state index is 12.0. The molecule has 0 heterocycles. The number of carbonyl (C=O) groups is 1. The van der Waals surface area contributed by atoms with Crippen LogP contribution in [-0.4, -0.2) is 6.03 Å². The molecule has 0 aliphatic carbocycles. The zero-order valence-electron chi connectivity index (χ0n) is 12.2. The fourth-order valence-electron chi connectivity index (χ4n) is 2.04. The van der Waals surface area contributed by atoms with Gasteiger partial charge in [-0.3, -0.25) is 0 Å². The number of hydrogen-bond acceptors (Lipinski definition) is 1. The number of halogens is 1. The zero-order valence-corrected chi connectivity index (χ0v) is 13.8. The Balaban J connectivity index is 1.97. The van der Waals surface area contributed by atoms with Crippen LogP contribution in [0.15, 0.2) is 53.0 Å². The first kappa shape index (κ1) is 15.6. The first-order valence-corrected chi connectivity index (χ1v) is 7.80. The summed E-state index contributed by atoms with van der Waals surface area (Å²) in [4.78, 5) is 12.0. The van der Waals surface area contributed by atoms with Crippen molar-refractivity contribution in [3.05, 3.63) is 64.1 Å². The van der Waals surface area contributed by atoms with Gasteiger partial charge in [0.25, 0.3) is 0 Å². The zero-order chi connectivity index (χ0) is 15.2. The van der Waals surface area contributed by atoms with E-state index in [1.807, 2.05) is 31.2 Å². The van der Waals surface area contributed by atoms with Crippen LogP contribution < -0.4 is 10.6 Å². The van der Waals surface area contributed by atoms with Gasteiger partial charge in [-0.05, 0) is 52.5 Å². The van der Waals surface area contributed by atoms with E-state index < -0.39 is 0 Å². The molecule has 3 nitrogen and oxygen atoms in total. The molecular weight excluding hydrogens is 328 g/mol. The van der Waals surface area contributed by atoms with Gasteiger partial charge in [0, 0.05) is 4.47 Å². The average Bonchev–Trinajstić information content (AvgIpc) is 2.49. The highest BCUT2D eigenvalue weighted by molar-refractivity contribution is 9.10. The summed E-state index contributed by atoms with van der Waals surface area (Å²) in [6.07, 6.45) is 1.02. The van der Waals surface area contributed by atoms with Gasteiger partial charge in [0.1, 0.15) is 0 Å². The Morgan fingerprint density at radius 2 is 1.81 bits per heavy atom. The lowest BCUT2D eigenvalue weighted by Crippen LogP contribution is -2.31. The predicted octanol–water partition coefficient (Wildman–Crippen LogP) is 4.89. The molecule has 0 unspecified atom stereocenters. The summed E-state index contributed by atoms with van der Waals surface area (Å²) in [5.41, 5.74) is 3.14. The van der Waals surface area contributed by atoms with Crippen molar-refractivity contribution in [2.24, 2.45) is 0 Å². The molecule has 0 aliphatic rings. The van der Waals surface area contributed by atoms with E-state index in [1.165, 1.54) is 5.56 Å². The third-order valence-corrected chi connectivity index (χ3v) is 4.05. The lowest BCUT2D eigenvalue weighted by Gasteiger charge is -2.16. The van der Waals surface area contributed by atoms with E-state index in [2.05, 4.69) is 57.8 Å². The highest BCUT2D eigenvalue weighted by Crippen LogP contribution is 2.21. The van der Waals surface area contributed by atoms with Crippen LogP contribution in [0.4, 0.5) is 10.5 Å². The summed E-state index contributed by atoms with van der Waals surface area (Å²) < 4.78 is 0.861. The normalized spacial score (nSPS) is 11.8. The Bertz CT molecular complexity index is 610. The SMILES string of the molecule is CCc1ccc([C@@H](C)NC(=O)Nc2ccccc2Br)cc1. The molecule has 0 spiro atoms. The summed E-state index contributed by atoms with van der Waals surface area (Å²) in [7, 11) is 0. The van der Waals surface area contributed by atoms with Gasteiger partial charge >= 0.3 is 6.03 Å². The smallest absolute Gasteiger partial charge is 0.319 e. The van der Waals surface area contributed by atoms with Crippen molar-refractivity contribution in [2.75, 3.05) is 5.32 Å². The number of hydrogen-bond donors (Lipinski definition) is 2. The molecule has 2 N–H and O–H groups in total. The van der Waals surface area contributed by atoms with Gasteiger partial charge in [-0.25, -0.2) is 4.79 Å². The molecule has 2 amide bonds. The molecule has 0 saturated carbocycles. The molecule has 4 heteroatoms. The van der Waals surface area contributed by atoms with E-state index in [4.69, 9.17) is 0 Å². The van der Waals surface area contributed by atoms with Crippen LogP contribution in [0.1, 0.15) is 31.0 Å². The van der Waals surface area contributed by atoms with Gasteiger partial charge in [0.2, 0.25) is 0 Å². The van der Waals surface area contributed by atoms with Crippen molar-refractivity contribution in [1.29, 1.82) is 0 Å². The van der Waals surface area contributed by atoms with Crippen molar-refractivity contribution < 1.29 is 4.79 Å². The fourth-order valence-corrected chi connectivity index (χ4v) is 2.43. The summed E-state index contributed by atoms with van der Waals surface area (Å²) in [5.74, 6) is 0. The molecule has 0 saturated heterocycles. The van der Waals surface area contributed by atoms with Crippen molar-refractivity contribution >= 4 is 27.6 Å². The number of para-hydroxylation sites is 1. The van der Waals surface area contributed by atoms with E-state index in [1.54, 1.807) is 0 Å². The molecule has 0 aromatic heterocycles. The Hall–Kier alpha value is -1.81. The van der Waals surface area contributed by atoms with Crippen molar-refractivity contribution in [3.63, 3.8) is 0 Å². The highest BCUT2D eigenvalue weighted by Gasteiger charge is 2.10. The lowest BCUT2D eigenvalue weighted by atomic mass is 10.1. The van der Waals surface area contributed by atoms with E-state index in [-0.39, 0.29) is 12.1 Å². The number of rotatable bonds is 4. The topological polar surface area (TPSA) is 41.1 Å². The molecule has 21 heavy (non-hydrogen) atoms. The lowest BCUT2D eigenvalue weighted by molar-refractivity contribution is 0.249. The third-order valence-electron chi connectivity index (χ3n) is 3.36. The first-order valence-electron chi connectivity index (χ1n) is 7.01. The highest BCUT2D eigenvalue weighted by atomic mass is 79.9. The second-order valence-electron chi connectivity index (χ2n) is 4.90. The molecule has 0 fully saturated rings. The first-order chi connectivity index (χ1) is 10.1. The fraction of sp³-hybridized carbons (Fsp3) is 0.235. The second kappa shape index (κ2) is 7.27. The van der Waals surface area contributed by atoms with Gasteiger partial charge in [-0.15, -0.1) is 0 Å². The Labute approximate surface area is 133 Å². The van der Waals surface area contributed by atoms with E-state index in [0.717, 1.165) is 22.1 Å². The monoisotopic (exact) mass is 346 g/mol. The van der Waals surface area contributed by atoms with Gasteiger partial charge in [-0.2, -0.15) is 0 Å². The third kappa shape index (κ3) is 4.33. The van der Waals surface area contributed by atoms with Crippen LogP contribution >= 0.6 is 15.9 Å². The molecule has 110 valence electrons. The van der Waals surface area contributed by atoms with Crippen molar-refractivity contribution in [1.82, 2.24) is 5.32 Å². The minimum atomic E-state index is -0.214. The Morgan fingerprint density at radius 1 is 1.14 bits per heavy atom. The Morgan fingerprint density at radius 3 is 2.43 bits per heavy atom. The van der Waals surface area contributed by atoms with Crippen molar-refractivity contribution in [3.8, 4) is 0 Å². The summed E-state index contributed by atoms with van der Waals surface area (Å²) >= 11 is 3.41. The van der Waals surface area contributed by atoms with Crippen LogP contribution in [0, 0.1) is 0 Å². The average molecular weight is 347 g/mol. The maximum Gasteiger partial charge on any atom is 0.319 e. The molecular formula is C17H19BrN2O. The maximum absolute atomic E-state index is 12.0.